The van der Waals surface area contributed by atoms with Crippen molar-refractivity contribution >= 4 is 5.97 Å². The number of fused-ring (bicyclic) bond motifs is 2. The zero-order valence-corrected chi connectivity index (χ0v) is 8.68. The molecule has 4 nitrogen and oxygen atoms in total. The van der Waals surface area contributed by atoms with E-state index in [1.807, 2.05) is 0 Å². The molecule has 2 bridgehead atoms. The van der Waals surface area contributed by atoms with Crippen molar-refractivity contribution in [2.24, 2.45) is 5.92 Å². The molecule has 2 saturated heterocycles. The van der Waals surface area contributed by atoms with Crippen molar-refractivity contribution in [2.75, 3.05) is 14.1 Å². The van der Waals surface area contributed by atoms with Gasteiger partial charge < -0.3 is 14.7 Å². The summed E-state index contributed by atoms with van der Waals surface area (Å²) in [5.41, 5.74) is 0. The van der Waals surface area contributed by atoms with Gasteiger partial charge in [0.25, 0.3) is 0 Å². The molecule has 0 amide bonds. The average molecular weight is 200 g/mol. The molecule has 2 fully saturated rings. The van der Waals surface area contributed by atoms with Gasteiger partial charge in [0, 0.05) is 19.3 Å². The molecule has 0 aromatic heterocycles. The van der Waals surface area contributed by atoms with Crippen molar-refractivity contribution < 1.29 is 19.5 Å². The van der Waals surface area contributed by atoms with Crippen molar-refractivity contribution in [3.63, 3.8) is 0 Å². The second kappa shape index (κ2) is 2.94. The molecule has 0 spiro atoms. The number of carboxylic acid groups (broad SMARTS) is 1. The highest BCUT2D eigenvalue weighted by Crippen LogP contribution is 2.42. The number of rotatable bonds is 1. The normalized spacial score (nSPS) is 45.1. The first-order valence-corrected chi connectivity index (χ1v) is 5.19. The van der Waals surface area contributed by atoms with Gasteiger partial charge in [-0.15, -0.1) is 0 Å². The van der Waals surface area contributed by atoms with Crippen LogP contribution in [0.4, 0.5) is 0 Å². The van der Waals surface area contributed by atoms with E-state index < -0.39 is 18.0 Å². The topological polar surface area (TPSA) is 57.5 Å². The lowest BCUT2D eigenvalue weighted by atomic mass is 9.86. The number of quaternary nitrogens is 1. The van der Waals surface area contributed by atoms with Crippen molar-refractivity contribution in [3.8, 4) is 0 Å². The number of nitrogens with zero attached hydrogens (tertiary/aromatic N) is 1. The third-order valence-electron chi connectivity index (χ3n) is 4.22. The number of carbonyl (C=O) groups is 1. The van der Waals surface area contributed by atoms with Crippen LogP contribution in [-0.4, -0.2) is 52.9 Å². The van der Waals surface area contributed by atoms with Crippen LogP contribution in [0.5, 0.6) is 0 Å². The van der Waals surface area contributed by atoms with E-state index in [1.54, 1.807) is 0 Å². The zero-order valence-electron chi connectivity index (χ0n) is 8.68. The lowest BCUT2D eigenvalue weighted by Crippen LogP contribution is -2.61. The largest absolute Gasteiger partial charge is 0.481 e. The number of aliphatic hydroxyl groups is 1. The fraction of sp³-hybridized carbons (Fsp3) is 0.900. The Hall–Kier alpha value is -0.610. The maximum absolute atomic E-state index is 11.1. The van der Waals surface area contributed by atoms with Crippen molar-refractivity contribution in [3.05, 3.63) is 0 Å². The number of carboxylic acids is 1. The van der Waals surface area contributed by atoms with Crippen LogP contribution in [0.15, 0.2) is 0 Å². The minimum absolute atomic E-state index is 0.0984. The Morgan fingerprint density at radius 1 is 1.36 bits per heavy atom. The molecule has 2 unspecified atom stereocenters. The Kier molecular flexibility index (Phi) is 2.08. The van der Waals surface area contributed by atoms with Gasteiger partial charge in [0.1, 0.15) is 12.0 Å². The van der Waals surface area contributed by atoms with Crippen LogP contribution < -0.4 is 0 Å². The summed E-state index contributed by atoms with van der Waals surface area (Å²) < 4.78 is 0.772. The predicted molar refractivity (Wildman–Crippen MR) is 50.7 cm³/mol. The fourth-order valence-corrected chi connectivity index (χ4v) is 3.29. The minimum Gasteiger partial charge on any atom is -0.481 e. The number of piperidine rings is 1. The lowest BCUT2D eigenvalue weighted by Gasteiger charge is -2.45. The van der Waals surface area contributed by atoms with Crippen LogP contribution in [0.2, 0.25) is 0 Å². The van der Waals surface area contributed by atoms with Gasteiger partial charge in [-0.1, -0.05) is 0 Å². The maximum atomic E-state index is 11.1. The minimum atomic E-state index is -0.839. The van der Waals surface area contributed by atoms with Crippen molar-refractivity contribution in [2.45, 2.75) is 37.5 Å². The Morgan fingerprint density at radius 3 is 2.57 bits per heavy atom. The van der Waals surface area contributed by atoms with Crippen LogP contribution in [0.25, 0.3) is 0 Å². The van der Waals surface area contributed by atoms with E-state index in [2.05, 4.69) is 14.1 Å². The highest BCUT2D eigenvalue weighted by atomic mass is 16.4. The van der Waals surface area contributed by atoms with Gasteiger partial charge in [-0.2, -0.15) is 0 Å². The van der Waals surface area contributed by atoms with Crippen LogP contribution in [0.3, 0.4) is 0 Å². The van der Waals surface area contributed by atoms with E-state index in [1.165, 1.54) is 0 Å². The molecule has 0 aliphatic carbocycles. The maximum Gasteiger partial charge on any atom is 0.315 e. The molecule has 0 saturated carbocycles. The Balaban J connectivity index is 2.30. The molecule has 0 radical (unpaired) electrons. The van der Waals surface area contributed by atoms with Gasteiger partial charge in [-0.25, -0.2) is 0 Å². The van der Waals surface area contributed by atoms with Crippen LogP contribution in [-0.2, 0) is 4.79 Å². The summed E-state index contributed by atoms with van der Waals surface area (Å²) in [5, 5.41) is 18.9. The van der Waals surface area contributed by atoms with Gasteiger partial charge >= 0.3 is 5.97 Å². The molecule has 2 heterocycles. The molecule has 2 aliphatic rings. The van der Waals surface area contributed by atoms with E-state index >= 15 is 0 Å². The zero-order chi connectivity index (χ0) is 10.5. The van der Waals surface area contributed by atoms with Crippen LogP contribution in [0, 0.1) is 5.92 Å². The third-order valence-corrected chi connectivity index (χ3v) is 4.22. The fourth-order valence-electron chi connectivity index (χ4n) is 3.29. The molecule has 2 N–H and O–H groups in total. The molecule has 0 aromatic rings. The van der Waals surface area contributed by atoms with Gasteiger partial charge in [0.05, 0.1) is 26.2 Å². The monoisotopic (exact) mass is 200 g/mol. The first-order valence-electron chi connectivity index (χ1n) is 5.19. The number of hydrogen-bond donors (Lipinski definition) is 2. The molecular weight excluding hydrogens is 182 g/mol. The summed E-state index contributed by atoms with van der Waals surface area (Å²) in [6.45, 7) is 0. The quantitative estimate of drug-likeness (QED) is 0.588. The van der Waals surface area contributed by atoms with Gasteiger partial charge in [0.15, 0.2) is 0 Å². The standard InChI is InChI=1S/C10H17NO3/c1-11(2)6-3-4-7(11)9(10(13)14)8(12)5-6/h6-9,12H,3-5H2,1-2H3/p+1/t6?,7?,8-,9+/m0/s1. The highest BCUT2D eigenvalue weighted by Gasteiger charge is 2.56. The Labute approximate surface area is 83.7 Å². The Bertz CT molecular complexity index is 264. The number of aliphatic hydroxyl groups excluding tert-OH is 1. The molecule has 2 rings (SSSR count). The summed E-state index contributed by atoms with van der Waals surface area (Å²) >= 11 is 0. The molecule has 14 heavy (non-hydrogen) atoms. The lowest BCUT2D eigenvalue weighted by molar-refractivity contribution is -0.934. The summed E-state index contributed by atoms with van der Waals surface area (Å²) in [6, 6.07) is 0.548. The van der Waals surface area contributed by atoms with Crippen molar-refractivity contribution in [1.29, 1.82) is 0 Å². The van der Waals surface area contributed by atoms with E-state index in [0.29, 0.717) is 12.5 Å². The molecule has 80 valence electrons. The van der Waals surface area contributed by atoms with Gasteiger partial charge in [-0.3, -0.25) is 4.79 Å². The molecule has 4 atom stereocenters. The summed E-state index contributed by atoms with van der Waals surface area (Å²) in [6.07, 6.45) is 1.99. The van der Waals surface area contributed by atoms with Crippen molar-refractivity contribution in [1.82, 2.24) is 0 Å². The predicted octanol–water partition coefficient (Wildman–Crippen LogP) is 0.0592. The third kappa shape index (κ3) is 1.17. The number of aliphatic carboxylic acids is 1. The SMILES string of the molecule is C[N+]1(C)C2CCC1[C@@H](C(=O)O)[C@@H](O)C2. The van der Waals surface area contributed by atoms with E-state index in [9.17, 15) is 9.90 Å². The number of hydrogen-bond acceptors (Lipinski definition) is 2. The Morgan fingerprint density at radius 2 is 2.00 bits per heavy atom. The summed E-state index contributed by atoms with van der Waals surface area (Å²) in [7, 11) is 4.17. The smallest absolute Gasteiger partial charge is 0.315 e. The van der Waals surface area contributed by atoms with Gasteiger partial charge in [0.2, 0.25) is 0 Å². The van der Waals surface area contributed by atoms with E-state index in [4.69, 9.17) is 5.11 Å². The molecule has 0 aromatic carbocycles. The van der Waals surface area contributed by atoms with E-state index in [0.717, 1.165) is 17.3 Å². The molecular formula is C10H18NO3+. The molecule has 2 aliphatic heterocycles. The first-order chi connectivity index (χ1) is 6.44. The summed E-state index contributed by atoms with van der Waals surface area (Å²) in [5.74, 6) is -1.40. The average Bonchev–Trinajstić information content (AvgIpc) is 2.30. The van der Waals surface area contributed by atoms with E-state index in [-0.39, 0.29) is 6.04 Å². The second-order valence-corrected chi connectivity index (χ2v) is 5.09. The first kappa shape index (κ1) is 9.93. The highest BCUT2D eigenvalue weighted by molar-refractivity contribution is 5.71. The van der Waals surface area contributed by atoms with Crippen LogP contribution >= 0.6 is 0 Å². The van der Waals surface area contributed by atoms with Gasteiger partial charge in [-0.05, 0) is 0 Å². The summed E-state index contributed by atoms with van der Waals surface area (Å²) in [4.78, 5) is 11.1. The molecule has 4 heteroatoms. The van der Waals surface area contributed by atoms with Crippen LogP contribution in [0.1, 0.15) is 19.3 Å². The second-order valence-electron chi connectivity index (χ2n) is 5.09.